The van der Waals surface area contributed by atoms with E-state index in [1.807, 2.05) is 19.4 Å². The minimum absolute atomic E-state index is 0.280. The number of para-hydroxylation sites is 2. The molecular weight excluding hydrogens is 258 g/mol. The first kappa shape index (κ1) is 13.8. The zero-order valence-electron chi connectivity index (χ0n) is 12.8. The molecule has 0 aliphatic rings. The van der Waals surface area contributed by atoms with Crippen LogP contribution in [0.25, 0.3) is 11.0 Å². The number of imidazole rings is 1. The molecule has 1 heterocycles. The predicted octanol–water partition coefficient (Wildman–Crippen LogP) is 3.61. The van der Waals surface area contributed by atoms with E-state index in [2.05, 4.69) is 65.1 Å². The number of benzene rings is 2. The van der Waals surface area contributed by atoms with Crippen LogP contribution in [0.1, 0.15) is 22.7 Å². The average molecular weight is 279 g/mol. The van der Waals surface area contributed by atoms with Gasteiger partial charge in [0.25, 0.3) is 0 Å². The summed E-state index contributed by atoms with van der Waals surface area (Å²) in [6, 6.07) is 15.1. The second kappa shape index (κ2) is 5.70. The third-order valence-electron chi connectivity index (χ3n) is 4.28. The van der Waals surface area contributed by atoms with Crippen LogP contribution in [0.2, 0.25) is 0 Å². The molecule has 0 fully saturated rings. The second-order valence-electron chi connectivity index (χ2n) is 5.52. The Balaban J connectivity index is 1.96. The van der Waals surface area contributed by atoms with Gasteiger partial charge in [-0.05, 0) is 49.7 Å². The first-order valence-corrected chi connectivity index (χ1v) is 7.34. The number of fused-ring (bicyclic) bond motifs is 1. The van der Waals surface area contributed by atoms with Gasteiger partial charge in [-0.25, -0.2) is 4.98 Å². The van der Waals surface area contributed by atoms with Gasteiger partial charge < -0.3 is 9.88 Å². The third kappa shape index (κ3) is 2.57. The Labute approximate surface area is 125 Å². The number of rotatable bonds is 4. The van der Waals surface area contributed by atoms with E-state index in [1.165, 1.54) is 22.2 Å². The van der Waals surface area contributed by atoms with Crippen LogP contribution in [-0.4, -0.2) is 16.6 Å². The molecule has 108 valence electrons. The molecule has 0 amide bonds. The lowest BCUT2D eigenvalue weighted by atomic mass is 9.97. The van der Waals surface area contributed by atoms with Crippen LogP contribution in [0, 0.1) is 13.8 Å². The first-order chi connectivity index (χ1) is 10.2. The van der Waals surface area contributed by atoms with Crippen LogP contribution >= 0.6 is 0 Å². The van der Waals surface area contributed by atoms with Gasteiger partial charge in [0.1, 0.15) is 0 Å². The van der Waals surface area contributed by atoms with Crippen molar-refractivity contribution in [3.8, 4) is 0 Å². The van der Waals surface area contributed by atoms with Gasteiger partial charge in [-0.15, -0.1) is 0 Å². The molecule has 1 unspecified atom stereocenters. The first-order valence-electron chi connectivity index (χ1n) is 7.34. The maximum absolute atomic E-state index is 4.47. The fourth-order valence-electron chi connectivity index (χ4n) is 2.85. The summed E-state index contributed by atoms with van der Waals surface area (Å²) in [5.74, 6) is 0. The van der Waals surface area contributed by atoms with Gasteiger partial charge >= 0.3 is 0 Å². The maximum Gasteiger partial charge on any atom is 0.0958 e. The molecule has 0 aliphatic heterocycles. The van der Waals surface area contributed by atoms with E-state index in [-0.39, 0.29) is 6.04 Å². The van der Waals surface area contributed by atoms with Crippen LogP contribution < -0.4 is 5.32 Å². The van der Waals surface area contributed by atoms with Gasteiger partial charge in [0.15, 0.2) is 0 Å². The molecule has 3 nitrogen and oxygen atoms in total. The summed E-state index contributed by atoms with van der Waals surface area (Å²) in [4.78, 5) is 4.47. The van der Waals surface area contributed by atoms with E-state index < -0.39 is 0 Å². The minimum atomic E-state index is 0.280. The highest BCUT2D eigenvalue weighted by Gasteiger charge is 2.14. The molecule has 0 spiro atoms. The lowest BCUT2D eigenvalue weighted by Gasteiger charge is -2.21. The highest BCUT2D eigenvalue weighted by atomic mass is 15.1. The van der Waals surface area contributed by atoms with Crippen molar-refractivity contribution in [3.05, 3.63) is 65.5 Å². The molecule has 0 radical (unpaired) electrons. The van der Waals surface area contributed by atoms with Crippen molar-refractivity contribution >= 4 is 11.0 Å². The summed E-state index contributed by atoms with van der Waals surface area (Å²) in [5.41, 5.74) is 6.29. The molecule has 2 aromatic carbocycles. The van der Waals surface area contributed by atoms with E-state index >= 15 is 0 Å². The highest BCUT2D eigenvalue weighted by Crippen LogP contribution is 2.23. The van der Waals surface area contributed by atoms with Gasteiger partial charge in [-0.1, -0.05) is 30.3 Å². The predicted molar refractivity (Wildman–Crippen MR) is 87.4 cm³/mol. The van der Waals surface area contributed by atoms with Gasteiger partial charge in [0.2, 0.25) is 0 Å². The van der Waals surface area contributed by atoms with Gasteiger partial charge in [-0.2, -0.15) is 0 Å². The minimum Gasteiger partial charge on any atom is -0.329 e. The number of hydrogen-bond donors (Lipinski definition) is 1. The van der Waals surface area contributed by atoms with Crippen molar-refractivity contribution in [3.63, 3.8) is 0 Å². The number of nitrogens with zero attached hydrogens (tertiary/aromatic N) is 2. The van der Waals surface area contributed by atoms with Crippen LogP contribution in [-0.2, 0) is 6.54 Å². The summed E-state index contributed by atoms with van der Waals surface area (Å²) in [5, 5.41) is 3.44. The van der Waals surface area contributed by atoms with Crippen molar-refractivity contribution in [2.75, 3.05) is 7.05 Å². The molecule has 0 saturated carbocycles. The van der Waals surface area contributed by atoms with Crippen LogP contribution in [0.15, 0.2) is 48.8 Å². The Morgan fingerprint density at radius 3 is 2.71 bits per heavy atom. The summed E-state index contributed by atoms with van der Waals surface area (Å²) < 4.78 is 2.22. The molecule has 3 heteroatoms. The zero-order chi connectivity index (χ0) is 14.8. The lowest BCUT2D eigenvalue weighted by Crippen LogP contribution is -2.22. The Morgan fingerprint density at radius 1 is 1.10 bits per heavy atom. The summed E-state index contributed by atoms with van der Waals surface area (Å²) in [6.45, 7) is 5.24. The summed E-state index contributed by atoms with van der Waals surface area (Å²) in [6.07, 6.45) is 1.93. The number of hydrogen-bond acceptors (Lipinski definition) is 2. The third-order valence-corrected chi connectivity index (χ3v) is 4.28. The largest absolute Gasteiger partial charge is 0.329 e. The quantitative estimate of drug-likeness (QED) is 0.790. The van der Waals surface area contributed by atoms with Crippen LogP contribution in [0.3, 0.4) is 0 Å². The zero-order valence-corrected chi connectivity index (χ0v) is 12.8. The normalized spacial score (nSPS) is 12.7. The molecule has 21 heavy (non-hydrogen) atoms. The lowest BCUT2D eigenvalue weighted by molar-refractivity contribution is 0.505. The summed E-state index contributed by atoms with van der Waals surface area (Å²) >= 11 is 0. The average Bonchev–Trinajstić information content (AvgIpc) is 2.91. The maximum atomic E-state index is 4.47. The van der Waals surface area contributed by atoms with Gasteiger partial charge in [0.05, 0.1) is 23.4 Å². The molecule has 1 aromatic heterocycles. The van der Waals surface area contributed by atoms with Crippen molar-refractivity contribution in [2.45, 2.75) is 26.4 Å². The van der Waals surface area contributed by atoms with E-state index in [4.69, 9.17) is 0 Å². The Bertz CT molecular complexity index is 758. The standard InChI is InChI=1S/C18H21N3/c1-13-7-6-8-15(14(13)2)17(19-3)11-21-12-20-16-9-4-5-10-18(16)21/h4-10,12,17,19H,11H2,1-3H3. The molecule has 0 saturated heterocycles. The number of likely N-dealkylation sites (N-methyl/N-ethyl adjacent to an activating group) is 1. The van der Waals surface area contributed by atoms with Crippen molar-refractivity contribution in [1.82, 2.24) is 14.9 Å². The van der Waals surface area contributed by atoms with E-state index in [0.717, 1.165) is 12.1 Å². The fraction of sp³-hybridized carbons (Fsp3) is 0.278. The Kier molecular flexibility index (Phi) is 3.76. The summed E-state index contributed by atoms with van der Waals surface area (Å²) in [7, 11) is 2.02. The molecular formula is C18H21N3. The number of nitrogens with one attached hydrogen (secondary N) is 1. The van der Waals surface area contributed by atoms with Gasteiger partial charge in [0, 0.05) is 6.54 Å². The topological polar surface area (TPSA) is 29.9 Å². The molecule has 1 atom stereocenters. The molecule has 0 aliphatic carbocycles. The molecule has 0 bridgehead atoms. The fourth-order valence-corrected chi connectivity index (χ4v) is 2.85. The van der Waals surface area contributed by atoms with Crippen molar-refractivity contribution in [1.29, 1.82) is 0 Å². The Hall–Kier alpha value is -2.13. The second-order valence-corrected chi connectivity index (χ2v) is 5.52. The van der Waals surface area contributed by atoms with E-state index in [0.29, 0.717) is 0 Å². The number of aryl methyl sites for hydroxylation is 1. The smallest absolute Gasteiger partial charge is 0.0958 e. The number of aromatic nitrogens is 2. The van der Waals surface area contributed by atoms with E-state index in [1.54, 1.807) is 0 Å². The van der Waals surface area contributed by atoms with E-state index in [9.17, 15) is 0 Å². The van der Waals surface area contributed by atoms with Crippen LogP contribution in [0.5, 0.6) is 0 Å². The SMILES string of the molecule is CNC(Cn1cnc2ccccc21)c1cccc(C)c1C. The monoisotopic (exact) mass is 279 g/mol. The molecule has 3 rings (SSSR count). The molecule has 1 N–H and O–H groups in total. The van der Waals surface area contributed by atoms with Crippen LogP contribution in [0.4, 0.5) is 0 Å². The highest BCUT2D eigenvalue weighted by molar-refractivity contribution is 5.74. The van der Waals surface area contributed by atoms with Crippen molar-refractivity contribution < 1.29 is 0 Å². The Morgan fingerprint density at radius 2 is 1.90 bits per heavy atom. The van der Waals surface area contributed by atoms with Crippen molar-refractivity contribution in [2.24, 2.45) is 0 Å². The molecule has 3 aromatic rings. The van der Waals surface area contributed by atoms with Gasteiger partial charge in [-0.3, -0.25) is 0 Å².